The van der Waals surface area contributed by atoms with Crippen LogP contribution in [-0.4, -0.2) is 43.7 Å². The molecule has 0 spiro atoms. The molecule has 38 heavy (non-hydrogen) atoms. The van der Waals surface area contributed by atoms with E-state index >= 15 is 0 Å². The molecular weight excluding hydrogens is 486 g/mol. The predicted octanol–water partition coefficient (Wildman–Crippen LogP) is 3.55. The highest BCUT2D eigenvalue weighted by Crippen LogP contribution is 2.36. The van der Waals surface area contributed by atoms with Crippen molar-refractivity contribution in [2.75, 3.05) is 17.2 Å². The minimum absolute atomic E-state index is 0.00711. The standard InChI is InChI=1S/C27H25N7O4/c1-13-16(14(2)35)4-5-18-17(13)6-7-19(18)32-27(37)25-23-24(29-12-30-25)26(34-33-23)28-10-15-3-8-21-20(9-15)31-22(36)11-38-21/h3-5,8-9,12,19,35H,2,6-7,10-11H2,1H3,(H,31,36)(H,32,37)(H2,28,33,34). The third kappa shape index (κ3) is 4.07. The summed E-state index contributed by atoms with van der Waals surface area (Å²) in [5.74, 6) is 0.621. The number of aliphatic hydroxyl groups is 1. The topological polar surface area (TPSA) is 154 Å². The molecule has 5 N–H and O–H groups in total. The molecule has 6 rings (SSSR count). The average Bonchev–Trinajstić information content (AvgIpc) is 3.51. The van der Waals surface area contributed by atoms with Crippen LogP contribution in [0, 0.1) is 6.92 Å². The first-order valence-electron chi connectivity index (χ1n) is 12.2. The van der Waals surface area contributed by atoms with Gasteiger partial charge in [0.1, 0.15) is 28.9 Å². The molecule has 1 aliphatic heterocycles. The Morgan fingerprint density at radius 1 is 1.26 bits per heavy atom. The van der Waals surface area contributed by atoms with Gasteiger partial charge in [-0.2, -0.15) is 5.10 Å². The number of benzene rings is 2. The number of amides is 2. The Bertz CT molecular complexity index is 1630. The predicted molar refractivity (Wildman–Crippen MR) is 141 cm³/mol. The first-order chi connectivity index (χ1) is 18.4. The molecule has 0 saturated carbocycles. The van der Waals surface area contributed by atoms with Crippen molar-refractivity contribution in [3.63, 3.8) is 0 Å². The molecule has 1 atom stereocenters. The fourth-order valence-electron chi connectivity index (χ4n) is 5.13. The van der Waals surface area contributed by atoms with Crippen LogP contribution in [0.3, 0.4) is 0 Å². The summed E-state index contributed by atoms with van der Waals surface area (Å²) in [7, 11) is 0. The molecule has 2 aromatic heterocycles. The number of hydrogen-bond donors (Lipinski definition) is 5. The van der Waals surface area contributed by atoms with Crippen LogP contribution >= 0.6 is 0 Å². The van der Waals surface area contributed by atoms with Crippen LogP contribution in [0.4, 0.5) is 11.5 Å². The second-order valence-corrected chi connectivity index (χ2v) is 9.36. The maximum Gasteiger partial charge on any atom is 0.272 e. The lowest BCUT2D eigenvalue weighted by molar-refractivity contribution is -0.118. The van der Waals surface area contributed by atoms with Gasteiger partial charge in [-0.1, -0.05) is 24.8 Å². The Kier molecular flexibility index (Phi) is 5.67. The number of nitrogens with one attached hydrogen (secondary N) is 4. The highest BCUT2D eigenvalue weighted by molar-refractivity contribution is 6.05. The summed E-state index contributed by atoms with van der Waals surface area (Å²) in [6, 6.07) is 9.14. The molecule has 0 fully saturated rings. The Morgan fingerprint density at radius 2 is 2.13 bits per heavy atom. The number of anilines is 2. The number of ether oxygens (including phenoxy) is 1. The van der Waals surface area contributed by atoms with Gasteiger partial charge in [0, 0.05) is 12.1 Å². The fourth-order valence-corrected chi connectivity index (χ4v) is 5.13. The van der Waals surface area contributed by atoms with Crippen molar-refractivity contribution >= 4 is 40.1 Å². The van der Waals surface area contributed by atoms with E-state index in [2.05, 4.69) is 42.7 Å². The summed E-state index contributed by atoms with van der Waals surface area (Å²) < 4.78 is 5.40. The average molecular weight is 512 g/mol. The zero-order valence-corrected chi connectivity index (χ0v) is 20.6. The van der Waals surface area contributed by atoms with Crippen LogP contribution in [-0.2, 0) is 17.8 Å². The SMILES string of the molecule is C=C(O)c1ccc2c(c1C)CCC2NC(=O)c1ncnc2c(NCc3ccc4c(c3)NC(=O)CO4)n[nH]c12. The number of rotatable bonds is 6. The van der Waals surface area contributed by atoms with E-state index in [9.17, 15) is 14.7 Å². The molecule has 2 aliphatic rings. The Balaban J connectivity index is 1.19. The third-order valence-corrected chi connectivity index (χ3v) is 7.01. The van der Waals surface area contributed by atoms with E-state index in [0.29, 0.717) is 34.8 Å². The van der Waals surface area contributed by atoms with Gasteiger partial charge in [0.05, 0.1) is 11.7 Å². The van der Waals surface area contributed by atoms with Crippen LogP contribution in [0.5, 0.6) is 5.75 Å². The third-order valence-electron chi connectivity index (χ3n) is 7.01. The van der Waals surface area contributed by atoms with Crippen molar-refractivity contribution in [3.8, 4) is 5.75 Å². The number of H-pyrrole nitrogens is 1. The van der Waals surface area contributed by atoms with E-state index < -0.39 is 0 Å². The zero-order valence-electron chi connectivity index (χ0n) is 20.6. The zero-order chi connectivity index (χ0) is 26.4. The van der Waals surface area contributed by atoms with Crippen molar-refractivity contribution in [2.45, 2.75) is 32.4 Å². The number of carbonyl (C=O) groups is 2. The lowest BCUT2D eigenvalue weighted by Crippen LogP contribution is -2.28. The molecule has 1 aliphatic carbocycles. The van der Waals surface area contributed by atoms with Crippen LogP contribution in [0.25, 0.3) is 16.8 Å². The lowest BCUT2D eigenvalue weighted by Gasteiger charge is -2.18. The van der Waals surface area contributed by atoms with Crippen LogP contribution in [0.2, 0.25) is 0 Å². The first kappa shape index (κ1) is 23.5. The van der Waals surface area contributed by atoms with Gasteiger partial charge in [0.15, 0.2) is 18.1 Å². The van der Waals surface area contributed by atoms with Crippen molar-refractivity contribution in [1.82, 2.24) is 25.5 Å². The van der Waals surface area contributed by atoms with Gasteiger partial charge in [-0.15, -0.1) is 0 Å². The lowest BCUT2D eigenvalue weighted by atomic mass is 9.97. The molecule has 1 unspecified atom stereocenters. The van der Waals surface area contributed by atoms with E-state index in [-0.39, 0.29) is 35.9 Å². The minimum atomic E-state index is -0.329. The summed E-state index contributed by atoms with van der Waals surface area (Å²) in [6.07, 6.45) is 2.89. The summed E-state index contributed by atoms with van der Waals surface area (Å²) in [6.45, 7) is 6.01. The summed E-state index contributed by atoms with van der Waals surface area (Å²) >= 11 is 0. The largest absolute Gasteiger partial charge is 0.508 e. The van der Waals surface area contributed by atoms with E-state index in [4.69, 9.17) is 4.74 Å². The molecule has 11 nitrogen and oxygen atoms in total. The number of carbonyl (C=O) groups excluding carboxylic acids is 2. The number of hydrogen-bond acceptors (Lipinski definition) is 8. The van der Waals surface area contributed by atoms with Gasteiger partial charge in [-0.3, -0.25) is 14.7 Å². The monoisotopic (exact) mass is 511 g/mol. The second kappa shape index (κ2) is 9.18. The van der Waals surface area contributed by atoms with Crippen molar-refractivity contribution < 1.29 is 19.4 Å². The highest BCUT2D eigenvalue weighted by atomic mass is 16.5. The fraction of sp³-hybridized carbons (Fsp3) is 0.222. The Morgan fingerprint density at radius 3 is 2.97 bits per heavy atom. The molecule has 0 radical (unpaired) electrons. The number of aromatic amines is 1. The number of aliphatic hydroxyl groups excluding tert-OH is 1. The number of nitrogens with zero attached hydrogens (tertiary/aromatic N) is 3. The van der Waals surface area contributed by atoms with Crippen molar-refractivity contribution in [3.05, 3.63) is 76.7 Å². The van der Waals surface area contributed by atoms with Crippen LogP contribution in [0.1, 0.15) is 50.8 Å². The van der Waals surface area contributed by atoms with E-state index in [1.54, 1.807) is 0 Å². The smallest absolute Gasteiger partial charge is 0.272 e. The van der Waals surface area contributed by atoms with Gasteiger partial charge in [0.25, 0.3) is 11.8 Å². The molecule has 11 heteroatoms. The van der Waals surface area contributed by atoms with E-state index in [0.717, 1.165) is 40.7 Å². The number of aromatic nitrogens is 4. The minimum Gasteiger partial charge on any atom is -0.508 e. The molecular formula is C27H25N7O4. The first-order valence-corrected chi connectivity index (χ1v) is 12.2. The second-order valence-electron chi connectivity index (χ2n) is 9.36. The van der Waals surface area contributed by atoms with Gasteiger partial charge < -0.3 is 25.8 Å². The molecule has 4 aromatic rings. The highest BCUT2D eigenvalue weighted by Gasteiger charge is 2.28. The molecule has 3 heterocycles. The molecule has 2 aromatic carbocycles. The van der Waals surface area contributed by atoms with E-state index in [1.807, 2.05) is 37.3 Å². The Hall–Kier alpha value is -4.93. The van der Waals surface area contributed by atoms with Gasteiger partial charge >= 0.3 is 0 Å². The van der Waals surface area contributed by atoms with Gasteiger partial charge in [-0.05, 0) is 54.2 Å². The maximum atomic E-state index is 13.3. The summed E-state index contributed by atoms with van der Waals surface area (Å²) in [5.41, 5.74) is 6.51. The molecule has 192 valence electrons. The summed E-state index contributed by atoms with van der Waals surface area (Å²) in [4.78, 5) is 33.4. The summed E-state index contributed by atoms with van der Waals surface area (Å²) in [5, 5.41) is 26.2. The van der Waals surface area contributed by atoms with Gasteiger partial charge in [0.2, 0.25) is 0 Å². The molecule has 2 amide bonds. The normalized spacial score (nSPS) is 15.8. The molecule has 0 saturated heterocycles. The number of fused-ring (bicyclic) bond motifs is 3. The maximum absolute atomic E-state index is 13.3. The van der Waals surface area contributed by atoms with Crippen LogP contribution in [0.15, 0.2) is 43.2 Å². The van der Waals surface area contributed by atoms with E-state index in [1.165, 1.54) is 6.33 Å². The Labute approximate surface area is 217 Å². The quantitative estimate of drug-likeness (QED) is 0.246. The van der Waals surface area contributed by atoms with Crippen molar-refractivity contribution in [2.24, 2.45) is 0 Å². The molecule has 0 bridgehead atoms. The van der Waals surface area contributed by atoms with Crippen molar-refractivity contribution in [1.29, 1.82) is 0 Å². The van der Waals surface area contributed by atoms with Gasteiger partial charge in [-0.25, -0.2) is 9.97 Å². The van der Waals surface area contributed by atoms with Crippen LogP contribution < -0.4 is 20.7 Å².